The Morgan fingerprint density at radius 3 is 2.60 bits per heavy atom. The normalized spacial score (nSPS) is 15.0. The molecular formula is C20H23NO3S. The lowest BCUT2D eigenvalue weighted by Gasteiger charge is -2.13. The van der Waals surface area contributed by atoms with E-state index >= 15 is 0 Å². The number of hydrogen-bond acceptors (Lipinski definition) is 4. The van der Waals surface area contributed by atoms with Crippen LogP contribution >= 0.6 is 11.3 Å². The Morgan fingerprint density at radius 1 is 1.12 bits per heavy atom. The zero-order valence-corrected chi connectivity index (χ0v) is 15.4. The number of nitrogens with one attached hydrogen (secondary N) is 1. The summed E-state index contributed by atoms with van der Waals surface area (Å²) in [6, 6.07) is 9.45. The van der Waals surface area contributed by atoms with Crippen LogP contribution in [0.1, 0.15) is 51.9 Å². The summed E-state index contributed by atoms with van der Waals surface area (Å²) in [6.07, 6.45) is 4.83. The average molecular weight is 357 g/mol. The van der Waals surface area contributed by atoms with Crippen LogP contribution in [0.15, 0.2) is 30.3 Å². The minimum atomic E-state index is -0.837. The van der Waals surface area contributed by atoms with Crippen LogP contribution < -0.4 is 5.32 Å². The average Bonchev–Trinajstić information content (AvgIpc) is 2.88. The van der Waals surface area contributed by atoms with E-state index in [2.05, 4.69) is 5.32 Å². The number of amides is 1. The molecule has 2 aromatic rings. The zero-order valence-electron chi connectivity index (χ0n) is 14.6. The molecule has 1 aliphatic carbocycles. The predicted octanol–water partition coefficient (Wildman–Crippen LogP) is 4.51. The molecule has 0 aliphatic heterocycles. The summed E-state index contributed by atoms with van der Waals surface area (Å²) in [5.41, 5.74) is 3.09. The number of anilines is 1. The van der Waals surface area contributed by atoms with Crippen molar-refractivity contribution in [3.63, 3.8) is 0 Å². The van der Waals surface area contributed by atoms with E-state index in [0.29, 0.717) is 10.6 Å². The lowest BCUT2D eigenvalue weighted by molar-refractivity contribution is -0.123. The number of thiophene rings is 1. The molecule has 1 amide bonds. The van der Waals surface area contributed by atoms with Gasteiger partial charge in [0, 0.05) is 10.6 Å². The Bertz CT molecular complexity index is 740. The fourth-order valence-electron chi connectivity index (χ4n) is 2.92. The van der Waals surface area contributed by atoms with Crippen molar-refractivity contribution in [3.8, 4) is 0 Å². The first-order valence-corrected chi connectivity index (χ1v) is 9.54. The summed E-state index contributed by atoms with van der Waals surface area (Å²) < 4.78 is 5.36. The fourth-order valence-corrected chi connectivity index (χ4v) is 4.06. The van der Waals surface area contributed by atoms with Crippen molar-refractivity contribution in [2.75, 3.05) is 5.32 Å². The third kappa shape index (κ3) is 4.48. The summed E-state index contributed by atoms with van der Waals surface area (Å²) >= 11 is 1.51. The zero-order chi connectivity index (χ0) is 17.8. The molecule has 0 radical (unpaired) electrons. The highest BCUT2D eigenvalue weighted by Gasteiger charge is 2.22. The maximum absolute atomic E-state index is 12.4. The first-order valence-electron chi connectivity index (χ1n) is 8.73. The predicted molar refractivity (Wildman–Crippen MR) is 100 cm³/mol. The Balaban J connectivity index is 1.60. The number of aryl methyl sites for hydroxylation is 3. The molecule has 1 aromatic heterocycles. The highest BCUT2D eigenvalue weighted by Crippen LogP contribution is 2.29. The second-order valence-corrected chi connectivity index (χ2v) is 7.66. The van der Waals surface area contributed by atoms with Gasteiger partial charge in [-0.2, -0.15) is 0 Å². The molecular weight excluding hydrogens is 334 g/mol. The van der Waals surface area contributed by atoms with Gasteiger partial charge in [-0.05, 0) is 63.3 Å². The number of carbonyl (C=O) groups excluding carboxylic acids is 2. The van der Waals surface area contributed by atoms with Gasteiger partial charge in [0.25, 0.3) is 5.91 Å². The Morgan fingerprint density at radius 2 is 1.84 bits per heavy atom. The highest BCUT2D eigenvalue weighted by atomic mass is 32.1. The molecule has 1 unspecified atom stereocenters. The molecule has 0 saturated heterocycles. The number of carbonyl (C=O) groups is 2. The van der Waals surface area contributed by atoms with E-state index in [0.717, 1.165) is 18.4 Å². The number of esters is 1. The maximum atomic E-state index is 12.4. The van der Waals surface area contributed by atoms with Crippen LogP contribution in [0.2, 0.25) is 0 Å². The molecule has 1 N–H and O–H groups in total. The van der Waals surface area contributed by atoms with Crippen LogP contribution in [-0.2, 0) is 22.4 Å². The van der Waals surface area contributed by atoms with Crippen molar-refractivity contribution in [1.82, 2.24) is 0 Å². The van der Waals surface area contributed by atoms with Gasteiger partial charge in [0.15, 0.2) is 6.10 Å². The molecule has 1 heterocycles. The molecule has 1 atom stereocenters. The van der Waals surface area contributed by atoms with E-state index in [4.69, 9.17) is 4.74 Å². The second-order valence-electron chi connectivity index (χ2n) is 6.52. The molecule has 1 aliphatic rings. The smallest absolute Gasteiger partial charge is 0.349 e. The third-order valence-corrected chi connectivity index (χ3v) is 5.64. The topological polar surface area (TPSA) is 55.4 Å². The largest absolute Gasteiger partial charge is 0.448 e. The number of rotatable bonds is 4. The van der Waals surface area contributed by atoms with Crippen molar-refractivity contribution in [1.29, 1.82) is 0 Å². The minimum Gasteiger partial charge on any atom is -0.448 e. The van der Waals surface area contributed by atoms with Gasteiger partial charge in [0.2, 0.25) is 0 Å². The molecule has 0 fully saturated rings. The SMILES string of the molecule is Cc1ccc(NC(=O)C(C)OC(=O)c2cc3c(s2)CCCCC3)cc1. The molecule has 3 rings (SSSR count). The van der Waals surface area contributed by atoms with Gasteiger partial charge in [-0.3, -0.25) is 4.79 Å². The van der Waals surface area contributed by atoms with Gasteiger partial charge >= 0.3 is 5.97 Å². The van der Waals surface area contributed by atoms with Gasteiger partial charge in [0.1, 0.15) is 4.88 Å². The number of fused-ring (bicyclic) bond motifs is 1. The molecule has 25 heavy (non-hydrogen) atoms. The van der Waals surface area contributed by atoms with Gasteiger partial charge in [-0.25, -0.2) is 4.79 Å². The van der Waals surface area contributed by atoms with Crippen LogP contribution in [-0.4, -0.2) is 18.0 Å². The summed E-state index contributed by atoms with van der Waals surface area (Å²) in [5.74, 6) is -0.736. The van der Waals surface area contributed by atoms with E-state index in [1.807, 2.05) is 37.3 Å². The van der Waals surface area contributed by atoms with E-state index in [9.17, 15) is 9.59 Å². The first kappa shape index (κ1) is 17.7. The molecule has 132 valence electrons. The summed E-state index contributed by atoms with van der Waals surface area (Å²) in [5, 5.41) is 2.77. The third-order valence-electron chi connectivity index (χ3n) is 4.42. The molecule has 4 nitrogen and oxygen atoms in total. The Hall–Kier alpha value is -2.14. The van der Waals surface area contributed by atoms with Gasteiger partial charge in [-0.1, -0.05) is 24.1 Å². The van der Waals surface area contributed by atoms with Gasteiger partial charge < -0.3 is 10.1 Å². The number of benzene rings is 1. The van der Waals surface area contributed by atoms with Crippen LogP contribution in [0.25, 0.3) is 0 Å². The van der Waals surface area contributed by atoms with Crippen LogP contribution in [0, 0.1) is 6.92 Å². The Labute approximate surface area is 152 Å². The molecule has 0 spiro atoms. The molecule has 1 aromatic carbocycles. The molecule has 0 bridgehead atoms. The monoisotopic (exact) mass is 357 g/mol. The maximum Gasteiger partial charge on any atom is 0.349 e. The summed E-state index contributed by atoms with van der Waals surface area (Å²) in [6.45, 7) is 3.58. The van der Waals surface area contributed by atoms with E-state index < -0.39 is 12.1 Å². The fraction of sp³-hybridized carbons (Fsp3) is 0.400. The van der Waals surface area contributed by atoms with Crippen molar-refractivity contribution >= 4 is 28.9 Å². The molecule has 0 saturated carbocycles. The summed E-state index contributed by atoms with van der Waals surface area (Å²) in [7, 11) is 0. The standard InChI is InChI=1S/C20H23NO3S/c1-13-8-10-16(11-9-13)21-19(22)14(2)24-20(23)18-12-15-6-4-3-5-7-17(15)25-18/h8-12,14H,3-7H2,1-2H3,(H,21,22). The van der Waals surface area contributed by atoms with Crippen LogP contribution in [0.4, 0.5) is 5.69 Å². The van der Waals surface area contributed by atoms with Crippen LogP contribution in [0.5, 0.6) is 0 Å². The van der Waals surface area contributed by atoms with Crippen molar-refractivity contribution in [2.24, 2.45) is 0 Å². The lowest BCUT2D eigenvalue weighted by Crippen LogP contribution is -2.29. The van der Waals surface area contributed by atoms with E-state index in [1.165, 1.54) is 41.0 Å². The quantitative estimate of drug-likeness (QED) is 0.647. The highest BCUT2D eigenvalue weighted by molar-refractivity contribution is 7.14. The van der Waals surface area contributed by atoms with E-state index in [1.54, 1.807) is 6.92 Å². The minimum absolute atomic E-state index is 0.324. The second kappa shape index (κ2) is 7.83. The van der Waals surface area contributed by atoms with Crippen molar-refractivity contribution in [3.05, 3.63) is 51.2 Å². The van der Waals surface area contributed by atoms with Crippen molar-refractivity contribution < 1.29 is 14.3 Å². The lowest BCUT2D eigenvalue weighted by atomic mass is 10.1. The van der Waals surface area contributed by atoms with Gasteiger partial charge in [0.05, 0.1) is 0 Å². The number of hydrogen-bond donors (Lipinski definition) is 1. The number of ether oxygens (including phenoxy) is 1. The van der Waals surface area contributed by atoms with Crippen molar-refractivity contribution in [2.45, 2.75) is 52.1 Å². The van der Waals surface area contributed by atoms with Crippen LogP contribution in [0.3, 0.4) is 0 Å². The van der Waals surface area contributed by atoms with E-state index in [-0.39, 0.29) is 5.91 Å². The first-order chi connectivity index (χ1) is 12.0. The Kier molecular flexibility index (Phi) is 5.53. The summed E-state index contributed by atoms with van der Waals surface area (Å²) in [4.78, 5) is 26.5. The molecule has 5 heteroatoms. The van der Waals surface area contributed by atoms with Gasteiger partial charge in [-0.15, -0.1) is 11.3 Å².